The third kappa shape index (κ3) is 4.29. The Morgan fingerprint density at radius 3 is 2.59 bits per heavy atom. The van der Waals surface area contributed by atoms with Crippen LogP contribution in [0.15, 0.2) is 28.8 Å². The molecular formula is C14H15ClN4O3. The highest BCUT2D eigenvalue weighted by Gasteiger charge is 2.17. The van der Waals surface area contributed by atoms with Gasteiger partial charge in [0.1, 0.15) is 6.04 Å². The molecule has 1 aromatic carbocycles. The number of nitrogens with zero attached hydrogens (tertiary/aromatic N) is 2. The Bertz CT molecular complexity index is 669. The summed E-state index contributed by atoms with van der Waals surface area (Å²) >= 11 is 5.76. The lowest BCUT2D eigenvalue weighted by Gasteiger charge is -2.13. The fourth-order valence-electron chi connectivity index (χ4n) is 1.68. The van der Waals surface area contributed by atoms with E-state index in [0.29, 0.717) is 22.3 Å². The summed E-state index contributed by atoms with van der Waals surface area (Å²) in [7, 11) is 0. The minimum absolute atomic E-state index is 0.136. The molecular weight excluding hydrogens is 308 g/mol. The van der Waals surface area contributed by atoms with Crippen molar-refractivity contribution < 1.29 is 14.1 Å². The number of aryl methyl sites for hydroxylation is 1. The van der Waals surface area contributed by atoms with Gasteiger partial charge in [-0.15, -0.1) is 0 Å². The number of nitrogens with one attached hydrogen (secondary N) is 2. The second kappa shape index (κ2) is 7.04. The van der Waals surface area contributed by atoms with Gasteiger partial charge in [-0.05, 0) is 31.2 Å². The summed E-state index contributed by atoms with van der Waals surface area (Å²) in [6, 6.07) is 5.70. The molecule has 22 heavy (non-hydrogen) atoms. The maximum atomic E-state index is 12.0. The van der Waals surface area contributed by atoms with Crippen molar-refractivity contribution in [2.75, 3.05) is 0 Å². The maximum absolute atomic E-state index is 12.0. The molecule has 2 N–H and O–H groups in total. The van der Waals surface area contributed by atoms with Gasteiger partial charge in [0.05, 0.1) is 6.54 Å². The molecule has 1 aromatic heterocycles. The molecule has 0 saturated carbocycles. The van der Waals surface area contributed by atoms with E-state index in [-0.39, 0.29) is 18.4 Å². The Morgan fingerprint density at radius 1 is 1.32 bits per heavy atom. The Balaban J connectivity index is 1.85. The van der Waals surface area contributed by atoms with Crippen LogP contribution in [0.3, 0.4) is 0 Å². The van der Waals surface area contributed by atoms with Crippen molar-refractivity contribution in [2.45, 2.75) is 26.4 Å². The van der Waals surface area contributed by atoms with Gasteiger partial charge in [-0.1, -0.05) is 16.8 Å². The van der Waals surface area contributed by atoms with E-state index < -0.39 is 6.04 Å². The summed E-state index contributed by atoms with van der Waals surface area (Å²) in [5, 5.41) is 9.42. The zero-order chi connectivity index (χ0) is 16.1. The molecule has 0 saturated heterocycles. The van der Waals surface area contributed by atoms with Gasteiger partial charge < -0.3 is 15.2 Å². The van der Waals surface area contributed by atoms with E-state index in [0.717, 1.165) is 0 Å². The number of hydrogen-bond acceptors (Lipinski definition) is 5. The first-order valence-corrected chi connectivity index (χ1v) is 6.97. The normalized spacial score (nSPS) is 11.8. The van der Waals surface area contributed by atoms with Crippen LogP contribution in [0.5, 0.6) is 0 Å². The molecule has 1 heterocycles. The van der Waals surface area contributed by atoms with E-state index in [2.05, 4.69) is 20.8 Å². The highest BCUT2D eigenvalue weighted by molar-refractivity contribution is 6.30. The van der Waals surface area contributed by atoms with Crippen LogP contribution < -0.4 is 10.6 Å². The van der Waals surface area contributed by atoms with Gasteiger partial charge in [-0.3, -0.25) is 9.59 Å². The van der Waals surface area contributed by atoms with Crippen LogP contribution in [0.4, 0.5) is 0 Å². The van der Waals surface area contributed by atoms with Gasteiger partial charge in [0.2, 0.25) is 11.8 Å². The van der Waals surface area contributed by atoms with Crippen LogP contribution in [-0.4, -0.2) is 28.0 Å². The van der Waals surface area contributed by atoms with Crippen molar-refractivity contribution >= 4 is 23.4 Å². The number of hydrogen-bond donors (Lipinski definition) is 2. The minimum Gasteiger partial charge on any atom is -0.347 e. The van der Waals surface area contributed by atoms with Crippen LogP contribution in [0, 0.1) is 6.92 Å². The Kier molecular flexibility index (Phi) is 5.11. The zero-order valence-electron chi connectivity index (χ0n) is 12.1. The second-order valence-corrected chi connectivity index (χ2v) is 5.09. The van der Waals surface area contributed by atoms with Crippen LogP contribution in [0.2, 0.25) is 5.02 Å². The summed E-state index contributed by atoms with van der Waals surface area (Å²) in [5.74, 6) is 0.106. The van der Waals surface area contributed by atoms with Crippen molar-refractivity contribution in [3.05, 3.63) is 46.6 Å². The van der Waals surface area contributed by atoms with E-state index in [1.54, 1.807) is 38.1 Å². The largest absolute Gasteiger partial charge is 0.347 e. The topological polar surface area (TPSA) is 97.1 Å². The first-order valence-electron chi connectivity index (χ1n) is 6.59. The average Bonchev–Trinajstić information content (AvgIpc) is 2.91. The van der Waals surface area contributed by atoms with Crippen LogP contribution in [-0.2, 0) is 11.3 Å². The number of aromatic nitrogens is 2. The van der Waals surface area contributed by atoms with Crippen LogP contribution in [0.1, 0.15) is 29.0 Å². The highest BCUT2D eigenvalue weighted by atomic mass is 35.5. The van der Waals surface area contributed by atoms with Gasteiger partial charge in [0.15, 0.2) is 5.82 Å². The molecule has 116 valence electrons. The van der Waals surface area contributed by atoms with Gasteiger partial charge in [0.25, 0.3) is 5.91 Å². The van der Waals surface area contributed by atoms with E-state index in [9.17, 15) is 9.59 Å². The number of carbonyl (C=O) groups excluding carboxylic acids is 2. The van der Waals surface area contributed by atoms with Gasteiger partial charge in [-0.2, -0.15) is 4.98 Å². The SMILES string of the molecule is Cc1nc(CNC(=O)[C@H](C)NC(=O)c2ccc(Cl)cc2)no1. The highest BCUT2D eigenvalue weighted by Crippen LogP contribution is 2.09. The minimum atomic E-state index is -0.698. The van der Waals surface area contributed by atoms with Crippen molar-refractivity contribution in [3.8, 4) is 0 Å². The van der Waals surface area contributed by atoms with Crippen molar-refractivity contribution in [3.63, 3.8) is 0 Å². The number of benzene rings is 1. The monoisotopic (exact) mass is 322 g/mol. The molecule has 0 fully saturated rings. The first-order chi connectivity index (χ1) is 10.5. The smallest absolute Gasteiger partial charge is 0.251 e. The number of halogens is 1. The summed E-state index contributed by atoms with van der Waals surface area (Å²) in [5.41, 5.74) is 0.429. The number of amides is 2. The molecule has 0 unspecified atom stereocenters. The molecule has 1 atom stereocenters. The van der Waals surface area contributed by atoms with E-state index in [1.165, 1.54) is 0 Å². The lowest BCUT2D eigenvalue weighted by Crippen LogP contribution is -2.44. The number of carbonyl (C=O) groups is 2. The Labute approximate surface area is 132 Å². The Morgan fingerprint density at radius 2 is 2.00 bits per heavy atom. The molecule has 0 aliphatic rings. The van der Waals surface area contributed by atoms with E-state index in [4.69, 9.17) is 16.1 Å². The summed E-state index contributed by atoms with van der Waals surface area (Å²) in [6.07, 6.45) is 0. The van der Waals surface area contributed by atoms with Gasteiger partial charge in [0, 0.05) is 17.5 Å². The first kappa shape index (κ1) is 16.0. The zero-order valence-corrected chi connectivity index (χ0v) is 12.8. The van der Waals surface area contributed by atoms with Crippen molar-refractivity contribution in [2.24, 2.45) is 0 Å². The summed E-state index contributed by atoms with van der Waals surface area (Å²) in [6.45, 7) is 3.38. The van der Waals surface area contributed by atoms with Crippen molar-refractivity contribution in [1.29, 1.82) is 0 Å². The van der Waals surface area contributed by atoms with Crippen LogP contribution in [0.25, 0.3) is 0 Å². The summed E-state index contributed by atoms with van der Waals surface area (Å²) in [4.78, 5) is 27.9. The fraction of sp³-hybridized carbons (Fsp3) is 0.286. The molecule has 2 aromatic rings. The summed E-state index contributed by atoms with van der Waals surface area (Å²) < 4.78 is 4.80. The molecule has 0 bridgehead atoms. The van der Waals surface area contributed by atoms with Gasteiger partial charge >= 0.3 is 0 Å². The molecule has 8 heteroatoms. The second-order valence-electron chi connectivity index (χ2n) is 4.65. The van der Waals surface area contributed by atoms with Gasteiger partial charge in [-0.25, -0.2) is 0 Å². The molecule has 0 aliphatic carbocycles. The Hall–Kier alpha value is -2.41. The number of rotatable bonds is 5. The third-order valence-corrected chi connectivity index (χ3v) is 3.09. The predicted octanol–water partition coefficient (Wildman–Crippen LogP) is 1.47. The lowest BCUT2D eigenvalue weighted by molar-refractivity contribution is -0.122. The maximum Gasteiger partial charge on any atom is 0.251 e. The van der Waals surface area contributed by atoms with E-state index in [1.807, 2.05) is 0 Å². The van der Waals surface area contributed by atoms with Crippen molar-refractivity contribution in [1.82, 2.24) is 20.8 Å². The molecule has 2 rings (SSSR count). The third-order valence-electron chi connectivity index (χ3n) is 2.84. The van der Waals surface area contributed by atoms with Crippen LogP contribution >= 0.6 is 11.6 Å². The average molecular weight is 323 g/mol. The fourth-order valence-corrected chi connectivity index (χ4v) is 1.81. The standard InChI is InChI=1S/C14H15ClN4O3/c1-8(13(20)16-7-12-18-9(2)22-19-12)17-14(21)10-3-5-11(15)6-4-10/h3-6,8H,7H2,1-2H3,(H,16,20)(H,17,21)/t8-/m0/s1. The molecule has 7 nitrogen and oxygen atoms in total. The molecule has 0 spiro atoms. The molecule has 0 aliphatic heterocycles. The molecule has 2 amide bonds. The predicted molar refractivity (Wildman–Crippen MR) is 79.3 cm³/mol. The van der Waals surface area contributed by atoms with E-state index >= 15 is 0 Å². The molecule has 0 radical (unpaired) electrons. The quantitative estimate of drug-likeness (QED) is 0.868. The lowest BCUT2D eigenvalue weighted by atomic mass is 10.2.